The van der Waals surface area contributed by atoms with Crippen LogP contribution in [0.2, 0.25) is 19.6 Å². The number of aliphatic hydroxyl groups excluding tert-OH is 1. The molecule has 1 heterocycles. The predicted molar refractivity (Wildman–Crippen MR) is 197 cm³/mol. The molecule has 0 spiro atoms. The van der Waals surface area contributed by atoms with E-state index < -0.39 is 8.07 Å². The Bertz CT molecular complexity index is 1670. The molecule has 1 radical (unpaired) electrons. The number of hydrogen-bond donors (Lipinski definition) is 1. The number of carbonyl (C=O) groups excluding carboxylic acids is 1. The number of allylic oxidation sites excluding steroid dienone is 2. The summed E-state index contributed by atoms with van der Waals surface area (Å²) in [4.78, 5) is 17.4. The second kappa shape index (κ2) is 16.5. The molecular weight excluding hydrogens is 771 g/mol. The summed E-state index contributed by atoms with van der Waals surface area (Å²) in [6, 6.07) is 27.5. The zero-order valence-corrected chi connectivity index (χ0v) is 32.6. The van der Waals surface area contributed by atoms with Crippen molar-refractivity contribution in [3.8, 4) is 22.4 Å². The van der Waals surface area contributed by atoms with Crippen molar-refractivity contribution in [2.75, 3.05) is 0 Å². The van der Waals surface area contributed by atoms with Gasteiger partial charge in [-0.3, -0.25) is 9.78 Å². The topological polar surface area (TPSA) is 50.2 Å². The molecule has 6 rings (SSSR count). The second-order valence-corrected chi connectivity index (χ2v) is 19.7. The largest absolute Gasteiger partial charge is 0.512 e. The summed E-state index contributed by atoms with van der Waals surface area (Å²) in [5.41, 5.74) is 8.74. The molecule has 1 N–H and O–H groups in total. The molecule has 251 valence electrons. The van der Waals surface area contributed by atoms with Crippen molar-refractivity contribution < 1.29 is 30.0 Å². The van der Waals surface area contributed by atoms with E-state index in [1.807, 2.05) is 6.92 Å². The van der Waals surface area contributed by atoms with Gasteiger partial charge in [0.05, 0.1) is 13.6 Å². The Labute approximate surface area is 297 Å². The average molecular weight is 823 g/mol. The van der Waals surface area contributed by atoms with E-state index in [4.69, 9.17) is 4.98 Å². The zero-order valence-electron chi connectivity index (χ0n) is 29.2. The first-order chi connectivity index (χ1) is 22.0. The van der Waals surface area contributed by atoms with Crippen LogP contribution in [0, 0.1) is 31.7 Å². The summed E-state index contributed by atoms with van der Waals surface area (Å²) in [5.74, 6) is 1.07. The Balaban J connectivity index is 0.000000229. The summed E-state index contributed by atoms with van der Waals surface area (Å²) in [6.45, 7) is 13.3. The van der Waals surface area contributed by atoms with Crippen LogP contribution < -0.4 is 5.19 Å². The average Bonchev–Trinajstić information content (AvgIpc) is 3.07. The van der Waals surface area contributed by atoms with Gasteiger partial charge in [0.2, 0.25) is 0 Å². The van der Waals surface area contributed by atoms with Gasteiger partial charge in [-0.15, -0.1) is 34.9 Å². The van der Waals surface area contributed by atoms with Crippen LogP contribution in [0.1, 0.15) is 82.3 Å². The van der Waals surface area contributed by atoms with Gasteiger partial charge in [0.1, 0.15) is 5.76 Å². The number of nitrogens with zero attached hydrogens (tertiary/aromatic N) is 1. The van der Waals surface area contributed by atoms with Gasteiger partial charge in [0, 0.05) is 37.5 Å². The minimum absolute atomic E-state index is 0. The smallest absolute Gasteiger partial charge is 0.164 e. The predicted octanol–water partition coefficient (Wildman–Crippen LogP) is 11.1. The van der Waals surface area contributed by atoms with E-state index in [0.29, 0.717) is 11.3 Å². The summed E-state index contributed by atoms with van der Waals surface area (Å²) in [6.07, 6.45) is 11.4. The number of fused-ring (bicyclic) bond motifs is 1. The van der Waals surface area contributed by atoms with E-state index in [-0.39, 0.29) is 37.7 Å². The third-order valence-electron chi connectivity index (χ3n) is 9.87. The van der Waals surface area contributed by atoms with Crippen molar-refractivity contribution in [2.24, 2.45) is 11.8 Å². The first-order valence-electron chi connectivity index (χ1n) is 17.5. The number of aromatic nitrogens is 1. The van der Waals surface area contributed by atoms with Crippen LogP contribution in [-0.4, -0.2) is 23.9 Å². The van der Waals surface area contributed by atoms with E-state index in [0.717, 1.165) is 48.0 Å². The third kappa shape index (κ3) is 9.40. The van der Waals surface area contributed by atoms with Crippen molar-refractivity contribution in [3.63, 3.8) is 0 Å². The molecule has 47 heavy (non-hydrogen) atoms. The Kier molecular flexibility index (Phi) is 13.0. The monoisotopic (exact) mass is 823 g/mol. The van der Waals surface area contributed by atoms with Gasteiger partial charge in [0.25, 0.3) is 0 Å². The molecule has 0 aliphatic heterocycles. The molecule has 2 fully saturated rings. The van der Waals surface area contributed by atoms with Crippen LogP contribution in [0.5, 0.6) is 0 Å². The molecule has 1 aromatic heterocycles. The molecule has 0 unspecified atom stereocenters. The van der Waals surface area contributed by atoms with E-state index in [1.165, 1.54) is 65.8 Å². The first-order valence-corrected chi connectivity index (χ1v) is 21.0. The van der Waals surface area contributed by atoms with Gasteiger partial charge >= 0.3 is 0 Å². The Hall–Kier alpha value is -2.85. The summed E-state index contributed by atoms with van der Waals surface area (Å²) < 4.78 is 0. The van der Waals surface area contributed by atoms with Crippen LogP contribution in [0.15, 0.2) is 78.1 Å². The number of hydrogen-bond acceptors (Lipinski definition) is 3. The summed E-state index contributed by atoms with van der Waals surface area (Å²) in [7, 11) is -1.50. The van der Waals surface area contributed by atoms with Gasteiger partial charge < -0.3 is 5.11 Å². The maximum atomic E-state index is 12.4. The van der Waals surface area contributed by atoms with Crippen molar-refractivity contribution in [2.45, 2.75) is 105 Å². The van der Waals surface area contributed by atoms with Crippen molar-refractivity contribution >= 4 is 29.9 Å². The van der Waals surface area contributed by atoms with Crippen LogP contribution in [0.4, 0.5) is 0 Å². The minimum Gasteiger partial charge on any atom is -0.512 e. The molecule has 4 aromatic rings. The normalized spacial score (nSPS) is 16.5. The Morgan fingerprint density at radius 1 is 0.809 bits per heavy atom. The fraction of sp³-hybridized carbons (Fsp3) is 0.429. The number of aryl methyl sites for hydroxylation is 2. The third-order valence-corrected chi connectivity index (χ3v) is 11.9. The molecule has 5 heteroatoms. The van der Waals surface area contributed by atoms with Crippen LogP contribution in [0.25, 0.3) is 33.3 Å². The van der Waals surface area contributed by atoms with E-state index in [1.54, 1.807) is 0 Å². The van der Waals surface area contributed by atoms with Gasteiger partial charge in [0.15, 0.2) is 5.78 Å². The molecule has 2 saturated carbocycles. The number of Topliss-reactive ketones (excluding diaryl/α,β-unsaturated/α-hetero) is 1. The van der Waals surface area contributed by atoms with E-state index in [2.05, 4.69) is 106 Å². The van der Waals surface area contributed by atoms with Crippen molar-refractivity contribution in [3.05, 3.63) is 95.3 Å². The SMILES string of the molecule is C/C(C(=O)C1CCCCC1)=C(/O)C1CCCCC1.Cc1[c-]c(-c2ccc3cc([Si](C)(C)C)c(-c4ccccc4)cc3n2)cc(C)c1.[Ir]. The second-order valence-electron chi connectivity index (χ2n) is 14.7. The Morgan fingerprint density at radius 3 is 2.02 bits per heavy atom. The van der Waals surface area contributed by atoms with E-state index in [9.17, 15) is 9.90 Å². The van der Waals surface area contributed by atoms with Crippen LogP contribution >= 0.6 is 0 Å². The molecule has 2 aliphatic carbocycles. The molecule has 3 nitrogen and oxygen atoms in total. The number of rotatable bonds is 6. The number of carbonyl (C=O) groups is 1. The molecule has 0 amide bonds. The Morgan fingerprint density at radius 2 is 1.43 bits per heavy atom. The van der Waals surface area contributed by atoms with Crippen LogP contribution in [-0.2, 0) is 24.9 Å². The number of pyridine rings is 1. The molecule has 0 saturated heterocycles. The fourth-order valence-electron chi connectivity index (χ4n) is 7.31. The fourth-order valence-corrected chi connectivity index (χ4v) is 8.92. The van der Waals surface area contributed by atoms with Crippen molar-refractivity contribution in [1.82, 2.24) is 4.98 Å². The van der Waals surface area contributed by atoms with Gasteiger partial charge in [-0.2, -0.15) is 0 Å². The maximum absolute atomic E-state index is 12.4. The quantitative estimate of drug-likeness (QED) is 0.0912. The molecule has 0 bridgehead atoms. The molecule has 3 aromatic carbocycles. The molecule has 0 atom stereocenters. The van der Waals surface area contributed by atoms with Crippen molar-refractivity contribution in [1.29, 1.82) is 0 Å². The minimum atomic E-state index is -1.50. The maximum Gasteiger partial charge on any atom is 0.164 e. The van der Waals surface area contributed by atoms with Crippen LogP contribution in [0.3, 0.4) is 0 Å². The molecule has 2 aliphatic rings. The van der Waals surface area contributed by atoms with Gasteiger partial charge in [-0.05, 0) is 60.9 Å². The number of aliphatic hydroxyl groups is 1. The summed E-state index contributed by atoms with van der Waals surface area (Å²) in [5, 5.41) is 13.0. The number of benzene rings is 3. The molecular formula is C42H52IrNO2Si-. The van der Waals surface area contributed by atoms with Gasteiger partial charge in [-0.25, -0.2) is 0 Å². The first kappa shape index (κ1) is 37.0. The number of ketones is 1. The zero-order chi connectivity index (χ0) is 32.8. The summed E-state index contributed by atoms with van der Waals surface area (Å²) >= 11 is 0. The standard InChI is InChI=1S/C26H26NSi.C16H26O2.Ir/c1-18-13-19(2)15-22(14-18)24-12-11-21-16-26(28(3,4)5)23(17-25(21)27-24)20-9-7-6-8-10-20;1-12(15(17)13-8-4-2-5-9-13)16(18)14-10-6-3-7-11-14;/h6-14,16-17H,1-5H3;13-14,17H,2-11H2,1H3;/q-1;;/b;15-12-;. The van der Waals surface area contributed by atoms with E-state index >= 15 is 0 Å². The van der Waals surface area contributed by atoms with Gasteiger partial charge in [-0.1, -0.05) is 126 Å².